The molecular weight excluding hydrogens is 668 g/mol. The number of benzene rings is 4. The molecule has 0 heterocycles. The minimum atomic E-state index is -1.43. The molecule has 0 fully saturated rings. The van der Waals surface area contributed by atoms with Gasteiger partial charge in [0.1, 0.15) is 31.8 Å². The lowest BCUT2D eigenvalue weighted by Crippen LogP contribution is -2.45. The molecule has 0 bridgehead atoms. The monoisotopic (exact) mass is 720 g/mol. The van der Waals surface area contributed by atoms with Crippen molar-refractivity contribution in [2.45, 2.75) is 77.0 Å². The molecule has 0 aliphatic carbocycles. The Morgan fingerprint density at radius 3 is 0.736 bits per heavy atom. The van der Waals surface area contributed by atoms with Crippen LogP contribution in [0, 0.1) is 5.41 Å². The molecule has 4 aromatic rings. The zero-order chi connectivity index (χ0) is 38.1. The predicted molar refractivity (Wildman–Crippen MR) is 204 cm³/mol. The van der Waals surface area contributed by atoms with Crippen molar-refractivity contribution in [3.05, 3.63) is 144 Å². The van der Waals surface area contributed by atoms with E-state index in [9.17, 15) is 19.2 Å². The Morgan fingerprint density at radius 2 is 0.566 bits per heavy atom. The highest BCUT2D eigenvalue weighted by Crippen LogP contribution is 2.30. The van der Waals surface area contributed by atoms with Crippen molar-refractivity contribution >= 4 is 23.9 Å². The highest BCUT2D eigenvalue weighted by Gasteiger charge is 2.40. The summed E-state index contributed by atoms with van der Waals surface area (Å²) in [6, 6.07) is 37.3. The van der Waals surface area contributed by atoms with Crippen molar-refractivity contribution < 1.29 is 38.1 Å². The molecule has 0 aliphatic rings. The lowest BCUT2D eigenvalue weighted by Gasteiger charge is -2.33. The average Bonchev–Trinajstić information content (AvgIpc) is 3.20. The van der Waals surface area contributed by atoms with Crippen molar-refractivity contribution in [2.75, 3.05) is 26.4 Å². The lowest BCUT2D eigenvalue weighted by atomic mass is 9.90. The molecule has 8 nitrogen and oxygen atoms in total. The van der Waals surface area contributed by atoms with E-state index in [1.165, 1.54) is 0 Å². The minimum Gasteiger partial charge on any atom is -0.464 e. The summed E-state index contributed by atoms with van der Waals surface area (Å²) in [5.41, 5.74) is 1.76. The molecule has 8 heteroatoms. The van der Waals surface area contributed by atoms with Crippen molar-refractivity contribution in [3.8, 4) is 0 Å². The number of ether oxygens (including phenoxy) is 4. The van der Waals surface area contributed by atoms with Crippen molar-refractivity contribution in [1.29, 1.82) is 0 Å². The zero-order valence-electron chi connectivity index (χ0n) is 31.3. The summed E-state index contributed by atoms with van der Waals surface area (Å²) < 4.78 is 24.1. The maximum absolute atomic E-state index is 13.7. The fraction of sp³-hybridized carbons (Fsp3) is 0.378. The van der Waals surface area contributed by atoms with E-state index in [0.717, 1.165) is 22.3 Å². The van der Waals surface area contributed by atoms with Crippen molar-refractivity contribution in [3.63, 3.8) is 0 Å². The van der Waals surface area contributed by atoms with Gasteiger partial charge < -0.3 is 18.9 Å². The topological polar surface area (TPSA) is 105 Å². The first-order valence-corrected chi connectivity index (χ1v) is 18.6. The smallest absolute Gasteiger partial charge is 0.313 e. The van der Waals surface area contributed by atoms with Gasteiger partial charge in [0.2, 0.25) is 0 Å². The van der Waals surface area contributed by atoms with E-state index in [-0.39, 0.29) is 26.4 Å². The average molecular weight is 721 g/mol. The molecule has 0 saturated heterocycles. The van der Waals surface area contributed by atoms with Crippen LogP contribution >= 0.6 is 0 Å². The van der Waals surface area contributed by atoms with Gasteiger partial charge >= 0.3 is 23.9 Å². The number of hydrogen-bond donors (Lipinski definition) is 0. The summed E-state index contributed by atoms with van der Waals surface area (Å²) in [6.07, 6.45) is 1.92. The first-order valence-electron chi connectivity index (χ1n) is 18.6. The number of carbonyl (C=O) groups excluding carboxylic acids is 4. The molecular formula is C45H52O8. The molecule has 0 unspecified atom stereocenters. The molecule has 0 N–H and O–H groups in total. The molecule has 4 rings (SSSR count). The summed E-state index contributed by atoms with van der Waals surface area (Å²) in [5, 5.41) is 0. The van der Waals surface area contributed by atoms with Crippen LogP contribution in [0.3, 0.4) is 0 Å². The molecule has 4 atom stereocenters. The van der Waals surface area contributed by atoms with Gasteiger partial charge in [0.25, 0.3) is 0 Å². The third-order valence-corrected chi connectivity index (χ3v) is 9.66. The van der Waals surface area contributed by atoms with Crippen LogP contribution in [0.2, 0.25) is 0 Å². The van der Waals surface area contributed by atoms with Gasteiger partial charge in [-0.3, -0.25) is 19.2 Å². The van der Waals surface area contributed by atoms with Crippen LogP contribution in [0.1, 0.15) is 99.3 Å². The number of hydrogen-bond acceptors (Lipinski definition) is 8. The van der Waals surface area contributed by atoms with E-state index >= 15 is 0 Å². The minimum absolute atomic E-state index is 0.338. The molecule has 280 valence electrons. The lowest BCUT2D eigenvalue weighted by molar-refractivity contribution is -0.172. The van der Waals surface area contributed by atoms with Gasteiger partial charge in [-0.2, -0.15) is 0 Å². The Hall–Kier alpha value is -5.24. The second kappa shape index (κ2) is 20.7. The normalized spacial score (nSPS) is 13.5. The van der Waals surface area contributed by atoms with Gasteiger partial charge in [0.15, 0.2) is 0 Å². The third-order valence-electron chi connectivity index (χ3n) is 9.66. The van der Waals surface area contributed by atoms with Gasteiger partial charge in [-0.1, -0.05) is 149 Å². The predicted octanol–water partition coefficient (Wildman–Crippen LogP) is 8.92. The number of carbonyl (C=O) groups is 4. The van der Waals surface area contributed by atoms with Crippen LogP contribution in [0.15, 0.2) is 121 Å². The quantitative estimate of drug-likeness (QED) is 0.0659. The van der Waals surface area contributed by atoms with Gasteiger partial charge in [-0.25, -0.2) is 0 Å². The Morgan fingerprint density at radius 1 is 0.377 bits per heavy atom. The SMILES string of the molecule is CC[C@H](C(=O)OCC(COC(=O)[C@@H](CC)c1ccccc1)(COC(=O)[C@@H](CC)c1ccccc1)COC(=O)[C@H](CC)c1ccccc1)c1ccccc1. The van der Waals surface area contributed by atoms with Gasteiger partial charge in [-0.05, 0) is 47.9 Å². The van der Waals surface area contributed by atoms with Crippen molar-refractivity contribution in [2.24, 2.45) is 5.41 Å². The fourth-order valence-electron chi connectivity index (χ4n) is 6.44. The first kappa shape index (κ1) is 40.5. The van der Waals surface area contributed by atoms with Crippen LogP contribution < -0.4 is 0 Å². The van der Waals surface area contributed by atoms with Gasteiger partial charge in [-0.15, -0.1) is 0 Å². The second-order valence-corrected chi connectivity index (χ2v) is 13.4. The molecule has 4 aromatic carbocycles. The van der Waals surface area contributed by atoms with E-state index < -0.39 is 53.0 Å². The number of esters is 4. The van der Waals surface area contributed by atoms with E-state index in [1.54, 1.807) is 0 Å². The van der Waals surface area contributed by atoms with Gasteiger partial charge in [0, 0.05) is 0 Å². The van der Waals surface area contributed by atoms with Crippen LogP contribution in [0.4, 0.5) is 0 Å². The molecule has 0 spiro atoms. The summed E-state index contributed by atoms with van der Waals surface area (Å²) in [4.78, 5) is 54.8. The highest BCUT2D eigenvalue weighted by atomic mass is 16.6. The van der Waals surface area contributed by atoms with Crippen LogP contribution in [0.5, 0.6) is 0 Å². The Balaban J connectivity index is 1.67. The van der Waals surface area contributed by atoms with E-state index in [4.69, 9.17) is 18.9 Å². The Bertz CT molecular complexity index is 1450. The fourth-order valence-corrected chi connectivity index (χ4v) is 6.44. The summed E-state index contributed by atoms with van der Waals surface area (Å²) in [7, 11) is 0. The maximum Gasteiger partial charge on any atom is 0.313 e. The molecule has 0 aliphatic heterocycles. The third kappa shape index (κ3) is 11.4. The molecule has 0 amide bonds. The van der Waals surface area contributed by atoms with E-state index in [0.29, 0.717) is 25.7 Å². The van der Waals surface area contributed by atoms with Crippen LogP contribution in [-0.4, -0.2) is 50.3 Å². The van der Waals surface area contributed by atoms with Crippen LogP contribution in [0.25, 0.3) is 0 Å². The molecule has 53 heavy (non-hydrogen) atoms. The molecule has 0 aromatic heterocycles. The standard InChI is InChI=1S/C45H52O8/c1-5-37(33-21-13-9-14-22-33)41(46)50-29-45(30-51-42(47)38(6-2)34-23-15-10-16-24-34,31-52-43(48)39(7-3)35-25-17-11-18-26-35)32-53-44(49)40(8-4)36-27-19-12-20-28-36/h9-28,37-40H,5-8,29-32H2,1-4H3/t37-,38-,39-,40+/m0/s1. The van der Waals surface area contributed by atoms with E-state index in [2.05, 4.69) is 0 Å². The summed E-state index contributed by atoms with van der Waals surface area (Å²) in [5.74, 6) is -4.21. The zero-order valence-corrected chi connectivity index (χ0v) is 31.3. The highest BCUT2D eigenvalue weighted by molar-refractivity contribution is 5.80. The van der Waals surface area contributed by atoms with Crippen molar-refractivity contribution in [1.82, 2.24) is 0 Å². The van der Waals surface area contributed by atoms with Crippen LogP contribution in [-0.2, 0) is 38.1 Å². The first-order chi connectivity index (χ1) is 25.8. The van der Waals surface area contributed by atoms with Gasteiger partial charge in [0.05, 0.1) is 23.7 Å². The summed E-state index contributed by atoms with van der Waals surface area (Å²) in [6.45, 7) is 6.24. The Kier molecular flexibility index (Phi) is 15.8. The molecule has 0 radical (unpaired) electrons. The molecule has 0 saturated carbocycles. The summed E-state index contributed by atoms with van der Waals surface area (Å²) >= 11 is 0. The van der Waals surface area contributed by atoms with E-state index in [1.807, 2.05) is 149 Å². The maximum atomic E-state index is 13.7. The Labute approximate surface area is 313 Å². The largest absolute Gasteiger partial charge is 0.464 e. The number of rotatable bonds is 20. The second-order valence-electron chi connectivity index (χ2n) is 13.4.